The number of alkyl halides is 2. The van der Waals surface area contributed by atoms with Crippen molar-refractivity contribution in [3.8, 4) is 0 Å². The van der Waals surface area contributed by atoms with Gasteiger partial charge in [-0.2, -0.15) is 0 Å². The maximum atomic E-state index is 11.9. The Bertz CT molecular complexity index is 510. The molecule has 0 aliphatic carbocycles. The second kappa shape index (κ2) is 6.73. The lowest BCUT2D eigenvalue weighted by Gasteiger charge is -2.00. The summed E-state index contributed by atoms with van der Waals surface area (Å²) in [5.41, 5.74) is 3.36. The van der Waals surface area contributed by atoms with Crippen molar-refractivity contribution in [1.29, 1.82) is 0 Å². The molecule has 1 aromatic carbocycles. The van der Waals surface area contributed by atoms with Crippen LogP contribution in [-0.4, -0.2) is 18.0 Å². The van der Waals surface area contributed by atoms with Crippen molar-refractivity contribution in [2.24, 2.45) is 0 Å². The lowest BCUT2D eigenvalue weighted by Crippen LogP contribution is -2.04. The number of ether oxygens (including phenoxy) is 1. The minimum absolute atomic E-state index is 0.156. The van der Waals surface area contributed by atoms with Gasteiger partial charge in [0.2, 0.25) is 0 Å². The van der Waals surface area contributed by atoms with E-state index in [0.29, 0.717) is 0 Å². The van der Waals surface area contributed by atoms with Gasteiger partial charge < -0.3 is 4.74 Å². The van der Waals surface area contributed by atoms with E-state index in [1.807, 2.05) is 12.3 Å². The summed E-state index contributed by atoms with van der Waals surface area (Å²) in [6, 6.07) is 8.27. The molecule has 0 N–H and O–H groups in total. The Hall–Kier alpha value is -1.33. The molecule has 1 aromatic heterocycles. The van der Waals surface area contributed by atoms with Gasteiger partial charge >= 0.3 is 0 Å². The number of aromatic nitrogens is 1. The Kier molecular flexibility index (Phi) is 4.99. The molecule has 0 aliphatic heterocycles. The van der Waals surface area contributed by atoms with E-state index in [4.69, 9.17) is 4.74 Å². The van der Waals surface area contributed by atoms with Crippen LogP contribution in [-0.2, 0) is 17.8 Å². The molecule has 2 aromatic rings. The third-order valence-electron chi connectivity index (χ3n) is 2.57. The molecule has 0 spiro atoms. The number of benzene rings is 1. The zero-order chi connectivity index (χ0) is 13.7. The van der Waals surface area contributed by atoms with Gasteiger partial charge in [-0.3, -0.25) is 0 Å². The number of hydrogen-bond donors (Lipinski definition) is 0. The van der Waals surface area contributed by atoms with Crippen LogP contribution in [0.25, 0.3) is 0 Å². The molecule has 0 amide bonds. The number of rotatable bonds is 6. The highest BCUT2D eigenvalue weighted by molar-refractivity contribution is 7.09. The predicted molar refractivity (Wildman–Crippen MR) is 71.8 cm³/mol. The van der Waals surface area contributed by atoms with Gasteiger partial charge in [0.05, 0.1) is 12.3 Å². The lowest BCUT2D eigenvalue weighted by molar-refractivity contribution is 0.00981. The van der Waals surface area contributed by atoms with Crippen molar-refractivity contribution in [3.05, 3.63) is 51.5 Å². The average Bonchev–Trinajstić information content (AvgIpc) is 2.79. The van der Waals surface area contributed by atoms with Gasteiger partial charge in [-0.05, 0) is 12.5 Å². The SMILES string of the molecule is Cc1ccc(Cc2csc(COCC(F)F)n2)cc1. The van der Waals surface area contributed by atoms with Gasteiger partial charge in [-0.1, -0.05) is 29.8 Å². The molecule has 1 heterocycles. The number of hydrogen-bond acceptors (Lipinski definition) is 3. The van der Waals surface area contributed by atoms with Crippen molar-refractivity contribution in [2.75, 3.05) is 6.61 Å². The minimum atomic E-state index is -2.42. The van der Waals surface area contributed by atoms with Crippen molar-refractivity contribution in [3.63, 3.8) is 0 Å². The van der Waals surface area contributed by atoms with Crippen LogP contribution in [0.1, 0.15) is 21.8 Å². The largest absolute Gasteiger partial charge is 0.368 e. The molecule has 5 heteroatoms. The predicted octanol–water partition coefficient (Wildman–Crippen LogP) is 3.82. The Morgan fingerprint density at radius 1 is 1.26 bits per heavy atom. The second-order valence-corrected chi connectivity index (χ2v) is 5.24. The second-order valence-electron chi connectivity index (χ2n) is 4.30. The first kappa shape index (κ1) is 14.1. The fourth-order valence-electron chi connectivity index (χ4n) is 1.65. The Morgan fingerprint density at radius 2 is 2.00 bits per heavy atom. The van der Waals surface area contributed by atoms with Crippen LogP contribution in [0.2, 0.25) is 0 Å². The van der Waals surface area contributed by atoms with E-state index >= 15 is 0 Å². The first-order chi connectivity index (χ1) is 9.13. The molecule has 0 saturated heterocycles. The summed E-state index contributed by atoms with van der Waals surface area (Å²) in [6.45, 7) is 1.67. The van der Waals surface area contributed by atoms with E-state index in [2.05, 4.69) is 29.2 Å². The maximum absolute atomic E-state index is 11.9. The molecule has 2 rings (SSSR count). The molecule has 2 nitrogen and oxygen atoms in total. The van der Waals surface area contributed by atoms with Crippen LogP contribution < -0.4 is 0 Å². The molecule has 19 heavy (non-hydrogen) atoms. The van der Waals surface area contributed by atoms with Crippen LogP contribution >= 0.6 is 11.3 Å². The van der Waals surface area contributed by atoms with E-state index in [0.717, 1.165) is 17.1 Å². The molecule has 0 radical (unpaired) electrons. The van der Waals surface area contributed by atoms with Crippen molar-refractivity contribution < 1.29 is 13.5 Å². The van der Waals surface area contributed by atoms with E-state index in [-0.39, 0.29) is 6.61 Å². The number of halogens is 2. The fraction of sp³-hybridized carbons (Fsp3) is 0.357. The first-order valence-corrected chi connectivity index (χ1v) is 6.86. The van der Waals surface area contributed by atoms with Gasteiger partial charge in [0.1, 0.15) is 11.6 Å². The molecule has 0 atom stereocenters. The van der Waals surface area contributed by atoms with Crippen LogP contribution in [0.5, 0.6) is 0 Å². The molecule has 0 saturated carbocycles. The highest BCUT2D eigenvalue weighted by atomic mass is 32.1. The average molecular weight is 283 g/mol. The van der Waals surface area contributed by atoms with E-state index in [9.17, 15) is 8.78 Å². The van der Waals surface area contributed by atoms with Gasteiger partial charge in [0.25, 0.3) is 6.43 Å². The molecular weight excluding hydrogens is 268 g/mol. The molecule has 0 bridgehead atoms. The fourth-order valence-corrected chi connectivity index (χ4v) is 2.38. The molecule has 102 valence electrons. The van der Waals surface area contributed by atoms with Gasteiger partial charge in [-0.15, -0.1) is 11.3 Å². The summed E-state index contributed by atoms with van der Waals surface area (Å²) >= 11 is 1.44. The summed E-state index contributed by atoms with van der Waals surface area (Å²) in [4.78, 5) is 4.37. The Morgan fingerprint density at radius 3 is 2.68 bits per heavy atom. The summed E-state index contributed by atoms with van der Waals surface area (Å²) in [5.74, 6) is 0. The smallest absolute Gasteiger partial charge is 0.261 e. The highest BCUT2D eigenvalue weighted by Gasteiger charge is 2.06. The Labute approximate surface area is 115 Å². The number of thiazole rings is 1. The van der Waals surface area contributed by atoms with Gasteiger partial charge in [0, 0.05) is 11.8 Å². The topological polar surface area (TPSA) is 22.1 Å². The third kappa shape index (κ3) is 4.69. The molecular formula is C14H15F2NOS. The van der Waals surface area contributed by atoms with Crippen molar-refractivity contribution in [2.45, 2.75) is 26.4 Å². The normalized spacial score (nSPS) is 11.2. The molecule has 0 fully saturated rings. The zero-order valence-corrected chi connectivity index (χ0v) is 11.4. The van der Waals surface area contributed by atoms with Gasteiger partial charge in [0.15, 0.2) is 0 Å². The number of nitrogens with zero attached hydrogens (tertiary/aromatic N) is 1. The van der Waals surface area contributed by atoms with Crippen LogP contribution in [0, 0.1) is 6.92 Å². The zero-order valence-electron chi connectivity index (χ0n) is 10.6. The first-order valence-electron chi connectivity index (χ1n) is 5.98. The lowest BCUT2D eigenvalue weighted by atomic mass is 10.1. The molecule has 0 aliphatic rings. The molecule has 0 unspecified atom stereocenters. The third-order valence-corrected chi connectivity index (χ3v) is 3.45. The summed E-state index contributed by atoms with van der Waals surface area (Å²) < 4.78 is 28.7. The standard InChI is InChI=1S/C14H15F2NOS/c1-10-2-4-11(5-3-10)6-12-9-19-14(17-12)8-18-7-13(15)16/h2-5,9,13H,6-8H2,1H3. The summed E-state index contributed by atoms with van der Waals surface area (Å²) in [7, 11) is 0. The number of aryl methyl sites for hydroxylation is 1. The summed E-state index contributed by atoms with van der Waals surface area (Å²) in [6.07, 6.45) is -1.67. The Balaban J connectivity index is 1.88. The van der Waals surface area contributed by atoms with E-state index in [1.165, 1.54) is 22.5 Å². The van der Waals surface area contributed by atoms with Crippen LogP contribution in [0.4, 0.5) is 8.78 Å². The quantitative estimate of drug-likeness (QED) is 0.804. The summed E-state index contributed by atoms with van der Waals surface area (Å²) in [5, 5.41) is 2.68. The van der Waals surface area contributed by atoms with Crippen molar-refractivity contribution in [1.82, 2.24) is 4.98 Å². The van der Waals surface area contributed by atoms with E-state index in [1.54, 1.807) is 0 Å². The van der Waals surface area contributed by atoms with Crippen LogP contribution in [0.3, 0.4) is 0 Å². The van der Waals surface area contributed by atoms with Gasteiger partial charge in [-0.25, -0.2) is 13.8 Å². The highest BCUT2D eigenvalue weighted by Crippen LogP contribution is 2.15. The van der Waals surface area contributed by atoms with E-state index < -0.39 is 13.0 Å². The maximum Gasteiger partial charge on any atom is 0.261 e. The van der Waals surface area contributed by atoms with Crippen LogP contribution in [0.15, 0.2) is 29.6 Å². The minimum Gasteiger partial charge on any atom is -0.368 e. The van der Waals surface area contributed by atoms with Crippen molar-refractivity contribution >= 4 is 11.3 Å². The monoisotopic (exact) mass is 283 g/mol.